The van der Waals surface area contributed by atoms with Crippen molar-refractivity contribution in [2.24, 2.45) is 5.92 Å². The zero-order chi connectivity index (χ0) is 11.8. The molecule has 0 radical (unpaired) electrons. The summed E-state index contributed by atoms with van der Waals surface area (Å²) in [4.78, 5) is 21.9. The van der Waals surface area contributed by atoms with E-state index >= 15 is 0 Å². The summed E-state index contributed by atoms with van der Waals surface area (Å²) in [7, 11) is 0. The zero-order valence-corrected chi connectivity index (χ0v) is 9.03. The predicted molar refractivity (Wildman–Crippen MR) is 55.6 cm³/mol. The second-order valence-electron chi connectivity index (χ2n) is 3.23. The number of aliphatic carboxylic acids is 1. The van der Waals surface area contributed by atoms with Gasteiger partial charge in [-0.3, -0.25) is 0 Å². The number of hydrogen-bond donors (Lipinski definition) is 2. The Bertz CT molecular complexity index is 240. The van der Waals surface area contributed by atoms with Crippen LogP contribution in [0.5, 0.6) is 0 Å². The highest BCUT2D eigenvalue weighted by atomic mass is 16.5. The molecule has 1 amide bonds. The first kappa shape index (κ1) is 13.5. The molecule has 86 valence electrons. The minimum absolute atomic E-state index is 0.0681. The molecule has 0 heterocycles. The maximum Gasteiger partial charge on any atom is 0.408 e. The van der Waals surface area contributed by atoms with E-state index in [1.807, 2.05) is 6.92 Å². The Balaban J connectivity index is 4.22. The third kappa shape index (κ3) is 5.05. The molecule has 0 rings (SSSR count). The molecular weight excluding hydrogens is 198 g/mol. The Morgan fingerprint density at radius 2 is 2.20 bits per heavy atom. The van der Waals surface area contributed by atoms with Gasteiger partial charge in [-0.15, -0.1) is 0 Å². The number of hydrogen-bond acceptors (Lipinski definition) is 3. The largest absolute Gasteiger partial charge is 0.480 e. The first-order chi connectivity index (χ1) is 7.02. The fourth-order valence-corrected chi connectivity index (χ4v) is 0.986. The quantitative estimate of drug-likeness (QED) is 0.656. The molecule has 0 aromatic heterocycles. The van der Waals surface area contributed by atoms with Gasteiger partial charge in [-0.05, 0) is 5.92 Å². The van der Waals surface area contributed by atoms with Crippen LogP contribution < -0.4 is 5.32 Å². The Morgan fingerprint density at radius 3 is 2.60 bits per heavy atom. The molecule has 0 spiro atoms. The van der Waals surface area contributed by atoms with Gasteiger partial charge in [0.1, 0.15) is 12.6 Å². The second-order valence-corrected chi connectivity index (χ2v) is 3.23. The molecule has 0 saturated heterocycles. The standard InChI is InChI=1S/C10H17NO4/c1-4-6-15-10(14)11-8(9(12)13)7(3)5-2/h4,7-8H,1,5-6H2,2-3H3,(H,11,14)(H,12,13)/t7-,8+/m0/s1. The van der Waals surface area contributed by atoms with Gasteiger partial charge in [-0.1, -0.05) is 32.9 Å². The van der Waals surface area contributed by atoms with Crippen molar-refractivity contribution in [3.8, 4) is 0 Å². The van der Waals surface area contributed by atoms with Gasteiger partial charge < -0.3 is 15.2 Å². The molecule has 15 heavy (non-hydrogen) atoms. The van der Waals surface area contributed by atoms with Crippen LogP contribution in [-0.4, -0.2) is 29.8 Å². The number of carbonyl (C=O) groups excluding carboxylic acids is 1. The van der Waals surface area contributed by atoms with E-state index in [4.69, 9.17) is 5.11 Å². The number of nitrogens with one attached hydrogen (secondary N) is 1. The molecule has 2 atom stereocenters. The maximum absolute atomic E-state index is 11.1. The van der Waals surface area contributed by atoms with Crippen molar-refractivity contribution >= 4 is 12.1 Å². The van der Waals surface area contributed by atoms with Gasteiger partial charge in [0.15, 0.2) is 0 Å². The van der Waals surface area contributed by atoms with Crippen molar-refractivity contribution in [2.45, 2.75) is 26.3 Å². The van der Waals surface area contributed by atoms with E-state index in [1.165, 1.54) is 6.08 Å². The average molecular weight is 215 g/mol. The summed E-state index contributed by atoms with van der Waals surface area (Å²) in [5, 5.41) is 11.2. The topological polar surface area (TPSA) is 75.6 Å². The summed E-state index contributed by atoms with van der Waals surface area (Å²) in [6.07, 6.45) is 1.35. The van der Waals surface area contributed by atoms with Crippen molar-refractivity contribution in [2.75, 3.05) is 6.61 Å². The monoisotopic (exact) mass is 215 g/mol. The summed E-state index contributed by atoms with van der Waals surface area (Å²) in [5.41, 5.74) is 0. The van der Waals surface area contributed by atoms with Crippen LogP contribution in [0.1, 0.15) is 20.3 Å². The molecule has 0 aliphatic carbocycles. The highest BCUT2D eigenvalue weighted by molar-refractivity contribution is 5.80. The number of rotatable bonds is 6. The lowest BCUT2D eigenvalue weighted by Gasteiger charge is -2.19. The van der Waals surface area contributed by atoms with Crippen LogP contribution in [0.3, 0.4) is 0 Å². The summed E-state index contributed by atoms with van der Waals surface area (Å²) in [5.74, 6) is -1.20. The van der Waals surface area contributed by atoms with Gasteiger partial charge in [0.05, 0.1) is 0 Å². The molecule has 5 nitrogen and oxygen atoms in total. The number of ether oxygens (including phenoxy) is 1. The van der Waals surface area contributed by atoms with E-state index in [1.54, 1.807) is 6.92 Å². The molecule has 0 saturated carbocycles. The Hall–Kier alpha value is -1.52. The van der Waals surface area contributed by atoms with Crippen molar-refractivity contribution in [3.05, 3.63) is 12.7 Å². The lowest BCUT2D eigenvalue weighted by atomic mass is 10.00. The normalized spacial score (nSPS) is 13.7. The van der Waals surface area contributed by atoms with Gasteiger partial charge in [0.2, 0.25) is 0 Å². The molecule has 0 aromatic rings. The number of amides is 1. The molecule has 0 aliphatic heterocycles. The molecule has 5 heteroatoms. The van der Waals surface area contributed by atoms with Crippen molar-refractivity contribution in [1.82, 2.24) is 5.32 Å². The van der Waals surface area contributed by atoms with Gasteiger partial charge in [0, 0.05) is 0 Å². The van der Waals surface area contributed by atoms with E-state index in [9.17, 15) is 9.59 Å². The van der Waals surface area contributed by atoms with Crippen LogP contribution >= 0.6 is 0 Å². The summed E-state index contributed by atoms with van der Waals surface area (Å²) >= 11 is 0. The Labute approximate surface area is 89.1 Å². The maximum atomic E-state index is 11.1. The molecule has 2 N–H and O–H groups in total. The lowest BCUT2D eigenvalue weighted by Crippen LogP contribution is -2.45. The Morgan fingerprint density at radius 1 is 1.60 bits per heavy atom. The van der Waals surface area contributed by atoms with Crippen LogP contribution in [0, 0.1) is 5.92 Å². The summed E-state index contributed by atoms with van der Waals surface area (Å²) < 4.78 is 4.64. The predicted octanol–water partition coefficient (Wildman–Crippen LogP) is 1.40. The van der Waals surface area contributed by atoms with Crippen molar-refractivity contribution in [1.29, 1.82) is 0 Å². The van der Waals surface area contributed by atoms with Gasteiger partial charge in [0.25, 0.3) is 0 Å². The van der Waals surface area contributed by atoms with Crippen molar-refractivity contribution in [3.63, 3.8) is 0 Å². The number of carboxylic acid groups (broad SMARTS) is 1. The third-order valence-corrected chi connectivity index (χ3v) is 2.08. The fraction of sp³-hybridized carbons (Fsp3) is 0.600. The highest BCUT2D eigenvalue weighted by Gasteiger charge is 2.25. The fourth-order valence-electron chi connectivity index (χ4n) is 0.986. The van der Waals surface area contributed by atoms with Gasteiger partial charge >= 0.3 is 12.1 Å². The summed E-state index contributed by atoms with van der Waals surface area (Å²) in [6, 6.07) is -0.910. The van der Waals surface area contributed by atoms with Gasteiger partial charge in [-0.2, -0.15) is 0 Å². The molecule has 0 aliphatic rings. The van der Waals surface area contributed by atoms with Crippen LogP contribution in [0.4, 0.5) is 4.79 Å². The smallest absolute Gasteiger partial charge is 0.408 e. The third-order valence-electron chi connectivity index (χ3n) is 2.08. The van der Waals surface area contributed by atoms with Crippen LogP contribution in [-0.2, 0) is 9.53 Å². The number of alkyl carbamates (subject to hydrolysis) is 1. The first-order valence-corrected chi connectivity index (χ1v) is 4.79. The van der Waals surface area contributed by atoms with Crippen LogP contribution in [0.25, 0.3) is 0 Å². The minimum Gasteiger partial charge on any atom is -0.480 e. The molecule has 0 bridgehead atoms. The average Bonchev–Trinajstić information content (AvgIpc) is 2.21. The van der Waals surface area contributed by atoms with Gasteiger partial charge in [-0.25, -0.2) is 9.59 Å². The lowest BCUT2D eigenvalue weighted by molar-refractivity contribution is -0.140. The highest BCUT2D eigenvalue weighted by Crippen LogP contribution is 2.07. The van der Waals surface area contributed by atoms with Crippen molar-refractivity contribution < 1.29 is 19.4 Å². The van der Waals surface area contributed by atoms with E-state index < -0.39 is 18.1 Å². The minimum atomic E-state index is -1.06. The number of carbonyl (C=O) groups is 2. The number of carboxylic acids is 1. The molecule has 0 fully saturated rings. The second kappa shape index (κ2) is 6.86. The zero-order valence-electron chi connectivity index (χ0n) is 9.03. The molecule has 0 aromatic carbocycles. The first-order valence-electron chi connectivity index (χ1n) is 4.79. The molecular formula is C10H17NO4. The van der Waals surface area contributed by atoms with E-state index in [2.05, 4.69) is 16.6 Å². The molecule has 0 unspecified atom stereocenters. The van der Waals surface area contributed by atoms with Crippen LogP contribution in [0.15, 0.2) is 12.7 Å². The van der Waals surface area contributed by atoms with E-state index in [0.29, 0.717) is 6.42 Å². The Kier molecular flexibility index (Phi) is 6.17. The SMILES string of the molecule is C=CCOC(=O)N[C@@H](C(=O)O)[C@@H](C)CC. The van der Waals surface area contributed by atoms with E-state index in [0.717, 1.165) is 0 Å². The summed E-state index contributed by atoms with van der Waals surface area (Å²) in [6.45, 7) is 7.06. The van der Waals surface area contributed by atoms with Crippen LogP contribution in [0.2, 0.25) is 0 Å². The van der Waals surface area contributed by atoms with E-state index in [-0.39, 0.29) is 12.5 Å².